The number of nitrogens with zero attached hydrogens (tertiary/aromatic N) is 3. The van der Waals surface area contributed by atoms with Crippen molar-refractivity contribution in [2.24, 2.45) is 0 Å². The van der Waals surface area contributed by atoms with Crippen LogP contribution in [0.3, 0.4) is 0 Å². The topological polar surface area (TPSA) is 42.7 Å². The molecule has 0 aliphatic heterocycles. The first-order valence-corrected chi connectivity index (χ1v) is 7.50. The molecule has 0 bridgehead atoms. The second-order valence-corrected chi connectivity index (χ2v) is 5.41. The number of hydrogen-bond acceptors (Lipinski definition) is 3. The Hall–Kier alpha value is -1.68. The fraction of sp³-hybridized carbons (Fsp3) is 0.500. The van der Waals surface area contributed by atoms with E-state index in [9.17, 15) is 0 Å². The summed E-state index contributed by atoms with van der Waals surface area (Å²) in [5.41, 5.74) is 3.89. The molecule has 0 saturated heterocycles. The van der Waals surface area contributed by atoms with Gasteiger partial charge in [-0.25, -0.2) is 4.98 Å². The summed E-state index contributed by atoms with van der Waals surface area (Å²) in [5.74, 6) is 1.16. The van der Waals surface area contributed by atoms with E-state index in [1.54, 1.807) is 0 Å². The van der Waals surface area contributed by atoms with Crippen molar-refractivity contribution in [3.05, 3.63) is 47.3 Å². The summed E-state index contributed by atoms with van der Waals surface area (Å²) in [6.07, 6.45) is 6.79. The Kier molecular flexibility index (Phi) is 4.11. The Bertz CT molecular complexity index is 559. The quantitative estimate of drug-likeness (QED) is 0.847. The van der Waals surface area contributed by atoms with Gasteiger partial charge in [-0.1, -0.05) is 6.07 Å². The molecule has 0 amide bonds. The third kappa shape index (κ3) is 2.90. The molecule has 0 saturated carbocycles. The molecule has 0 aromatic carbocycles. The highest BCUT2D eigenvalue weighted by Gasteiger charge is 2.17. The number of fused-ring (bicyclic) bond motifs is 1. The molecule has 0 spiro atoms. The van der Waals surface area contributed by atoms with Gasteiger partial charge >= 0.3 is 0 Å². The number of aromatic nitrogens is 3. The van der Waals surface area contributed by atoms with Crippen LogP contribution in [0.25, 0.3) is 0 Å². The Morgan fingerprint density at radius 3 is 3.00 bits per heavy atom. The van der Waals surface area contributed by atoms with Crippen LogP contribution in [0.5, 0.6) is 0 Å². The van der Waals surface area contributed by atoms with Crippen LogP contribution in [0.1, 0.15) is 35.7 Å². The Balaban J connectivity index is 1.55. The van der Waals surface area contributed by atoms with Crippen LogP contribution in [0.15, 0.2) is 24.4 Å². The lowest BCUT2D eigenvalue weighted by molar-refractivity contribution is 0.552. The lowest BCUT2D eigenvalue weighted by Crippen LogP contribution is -2.22. The van der Waals surface area contributed by atoms with Crippen molar-refractivity contribution in [3.8, 4) is 0 Å². The van der Waals surface area contributed by atoms with Crippen molar-refractivity contribution >= 4 is 0 Å². The molecule has 0 radical (unpaired) electrons. The second kappa shape index (κ2) is 6.18. The molecule has 1 aliphatic rings. The molecule has 2 aromatic rings. The summed E-state index contributed by atoms with van der Waals surface area (Å²) in [6.45, 7) is 4.91. The van der Waals surface area contributed by atoms with Gasteiger partial charge < -0.3 is 9.88 Å². The summed E-state index contributed by atoms with van der Waals surface area (Å²) in [7, 11) is 0. The van der Waals surface area contributed by atoms with E-state index in [2.05, 4.69) is 27.9 Å². The zero-order valence-electron chi connectivity index (χ0n) is 12.1. The number of rotatable bonds is 5. The van der Waals surface area contributed by atoms with E-state index in [1.165, 1.54) is 30.7 Å². The average molecular weight is 270 g/mol. The Labute approximate surface area is 120 Å². The molecule has 2 aromatic heterocycles. The van der Waals surface area contributed by atoms with E-state index in [-0.39, 0.29) is 0 Å². The van der Waals surface area contributed by atoms with Gasteiger partial charge in [0.2, 0.25) is 0 Å². The number of aryl methyl sites for hydroxylation is 2. The molecule has 20 heavy (non-hydrogen) atoms. The first kappa shape index (κ1) is 13.3. The average Bonchev–Trinajstić information content (AvgIpc) is 2.80. The van der Waals surface area contributed by atoms with E-state index in [4.69, 9.17) is 4.98 Å². The standard InChI is InChI=1S/C16H22N4/c1-13-19-15-7-2-3-8-16(15)20(13)11-10-17-12-14-6-4-5-9-18-14/h4-6,9,17H,2-3,7-8,10-12H2,1H3. The molecule has 3 rings (SSSR count). The number of pyridine rings is 1. The number of nitrogens with one attached hydrogen (secondary N) is 1. The zero-order chi connectivity index (χ0) is 13.8. The van der Waals surface area contributed by atoms with Gasteiger partial charge in [0.25, 0.3) is 0 Å². The van der Waals surface area contributed by atoms with Crippen molar-refractivity contribution in [1.29, 1.82) is 0 Å². The van der Waals surface area contributed by atoms with Crippen molar-refractivity contribution < 1.29 is 0 Å². The highest BCUT2D eigenvalue weighted by atomic mass is 15.1. The molecule has 4 heteroatoms. The highest BCUT2D eigenvalue weighted by molar-refractivity contribution is 5.19. The summed E-state index contributed by atoms with van der Waals surface area (Å²) in [5, 5.41) is 3.46. The van der Waals surface area contributed by atoms with Crippen molar-refractivity contribution in [3.63, 3.8) is 0 Å². The van der Waals surface area contributed by atoms with Gasteiger partial charge in [-0.2, -0.15) is 0 Å². The lowest BCUT2D eigenvalue weighted by Gasteiger charge is -2.15. The molecule has 1 N–H and O–H groups in total. The Morgan fingerprint density at radius 2 is 2.15 bits per heavy atom. The molecule has 0 atom stereocenters. The van der Waals surface area contributed by atoms with E-state index >= 15 is 0 Å². The fourth-order valence-electron chi connectivity index (χ4n) is 2.94. The largest absolute Gasteiger partial charge is 0.331 e. The SMILES string of the molecule is Cc1nc2c(n1CCNCc1ccccn1)CCCC2. The van der Waals surface area contributed by atoms with Crippen LogP contribution in [0.4, 0.5) is 0 Å². The van der Waals surface area contributed by atoms with Crippen molar-refractivity contribution in [2.45, 2.75) is 45.7 Å². The van der Waals surface area contributed by atoms with Gasteiger partial charge in [-0.15, -0.1) is 0 Å². The summed E-state index contributed by atoms with van der Waals surface area (Å²) in [6, 6.07) is 6.03. The van der Waals surface area contributed by atoms with Gasteiger partial charge in [0.05, 0.1) is 11.4 Å². The molecule has 106 valence electrons. The molecule has 0 unspecified atom stereocenters. The molecular weight excluding hydrogens is 248 g/mol. The maximum absolute atomic E-state index is 4.71. The van der Waals surface area contributed by atoms with Gasteiger partial charge in [0.1, 0.15) is 5.82 Å². The smallest absolute Gasteiger partial charge is 0.106 e. The maximum atomic E-state index is 4.71. The third-order valence-corrected chi connectivity index (χ3v) is 3.97. The predicted octanol–water partition coefficient (Wildman–Crippen LogP) is 2.26. The van der Waals surface area contributed by atoms with Crippen LogP contribution >= 0.6 is 0 Å². The molecule has 4 nitrogen and oxygen atoms in total. The fourth-order valence-corrected chi connectivity index (χ4v) is 2.94. The van der Waals surface area contributed by atoms with E-state index in [0.717, 1.165) is 37.6 Å². The summed E-state index contributed by atoms with van der Waals surface area (Å²) in [4.78, 5) is 9.03. The van der Waals surface area contributed by atoms with E-state index in [1.807, 2.05) is 18.3 Å². The van der Waals surface area contributed by atoms with Crippen LogP contribution in [0.2, 0.25) is 0 Å². The highest BCUT2D eigenvalue weighted by Crippen LogP contribution is 2.21. The van der Waals surface area contributed by atoms with E-state index in [0.29, 0.717) is 0 Å². The number of imidazole rings is 1. The van der Waals surface area contributed by atoms with Gasteiger partial charge in [-0.3, -0.25) is 4.98 Å². The first-order valence-electron chi connectivity index (χ1n) is 7.50. The van der Waals surface area contributed by atoms with Crippen LogP contribution < -0.4 is 5.32 Å². The van der Waals surface area contributed by atoms with E-state index < -0.39 is 0 Å². The number of hydrogen-bond donors (Lipinski definition) is 1. The minimum Gasteiger partial charge on any atom is -0.331 e. The second-order valence-electron chi connectivity index (χ2n) is 5.41. The minimum atomic E-state index is 0.830. The van der Waals surface area contributed by atoms with Crippen LogP contribution in [-0.4, -0.2) is 21.1 Å². The molecule has 1 aliphatic carbocycles. The zero-order valence-corrected chi connectivity index (χ0v) is 12.1. The lowest BCUT2D eigenvalue weighted by atomic mass is 10.0. The van der Waals surface area contributed by atoms with Crippen molar-refractivity contribution in [2.75, 3.05) is 6.54 Å². The van der Waals surface area contributed by atoms with Gasteiger partial charge in [-0.05, 0) is 44.7 Å². The molecule has 0 fully saturated rings. The van der Waals surface area contributed by atoms with Gasteiger partial charge in [0, 0.05) is 31.5 Å². The normalized spacial score (nSPS) is 14.2. The summed E-state index contributed by atoms with van der Waals surface area (Å²) < 4.78 is 2.39. The minimum absolute atomic E-state index is 0.830. The van der Waals surface area contributed by atoms with Crippen LogP contribution in [-0.2, 0) is 25.9 Å². The van der Waals surface area contributed by atoms with Gasteiger partial charge in [0.15, 0.2) is 0 Å². The Morgan fingerprint density at radius 1 is 1.25 bits per heavy atom. The molecule has 2 heterocycles. The summed E-state index contributed by atoms with van der Waals surface area (Å²) >= 11 is 0. The molecular formula is C16H22N4. The monoisotopic (exact) mass is 270 g/mol. The van der Waals surface area contributed by atoms with Crippen LogP contribution in [0, 0.1) is 6.92 Å². The third-order valence-electron chi connectivity index (χ3n) is 3.97. The van der Waals surface area contributed by atoms with Crippen molar-refractivity contribution in [1.82, 2.24) is 19.9 Å². The maximum Gasteiger partial charge on any atom is 0.106 e. The predicted molar refractivity (Wildman–Crippen MR) is 79.5 cm³/mol. The first-order chi connectivity index (χ1) is 9.84.